The van der Waals surface area contributed by atoms with Crippen molar-refractivity contribution in [3.05, 3.63) is 99.5 Å². The van der Waals surface area contributed by atoms with Crippen LogP contribution in [0.3, 0.4) is 0 Å². The van der Waals surface area contributed by atoms with Crippen molar-refractivity contribution in [2.75, 3.05) is 11.9 Å². The normalized spacial score (nSPS) is 16.5. The Bertz CT molecular complexity index is 2010. The van der Waals surface area contributed by atoms with Gasteiger partial charge in [-0.3, -0.25) is 19.1 Å². The monoisotopic (exact) mass is 659 g/mol. The van der Waals surface area contributed by atoms with Gasteiger partial charge in [0.15, 0.2) is 11.8 Å². The van der Waals surface area contributed by atoms with E-state index in [9.17, 15) is 14.4 Å². The van der Waals surface area contributed by atoms with Crippen molar-refractivity contribution >= 4 is 40.8 Å². The van der Waals surface area contributed by atoms with Crippen molar-refractivity contribution in [3.8, 4) is 33.8 Å². The van der Waals surface area contributed by atoms with Gasteiger partial charge in [0.1, 0.15) is 5.75 Å². The van der Waals surface area contributed by atoms with Gasteiger partial charge in [0, 0.05) is 40.4 Å². The van der Waals surface area contributed by atoms with Crippen LogP contribution in [0.1, 0.15) is 37.9 Å². The summed E-state index contributed by atoms with van der Waals surface area (Å²) in [4.78, 5) is 47.3. The first-order chi connectivity index (χ1) is 22.2. The molecular formula is C32H27Cl2N7O5. The minimum absolute atomic E-state index is 0.183. The van der Waals surface area contributed by atoms with E-state index in [1.165, 1.54) is 17.1 Å². The number of carbonyl (C=O) groups excluding carboxylic acids is 1. The van der Waals surface area contributed by atoms with Crippen molar-refractivity contribution in [1.82, 2.24) is 29.5 Å². The Hall–Kier alpha value is -5.07. The maximum Gasteiger partial charge on any atom is 0.341 e. The molecule has 2 aromatic carbocycles. The van der Waals surface area contributed by atoms with E-state index < -0.39 is 18.6 Å². The van der Waals surface area contributed by atoms with E-state index >= 15 is 0 Å². The molecule has 4 heterocycles. The van der Waals surface area contributed by atoms with Gasteiger partial charge in [-0.1, -0.05) is 41.8 Å². The summed E-state index contributed by atoms with van der Waals surface area (Å²) in [5.41, 5.74) is 3.81. The van der Waals surface area contributed by atoms with E-state index in [-0.39, 0.29) is 22.5 Å². The maximum atomic E-state index is 13.8. The second kappa shape index (κ2) is 13.1. The lowest BCUT2D eigenvalue weighted by Crippen LogP contribution is -2.27. The number of carboxylic acids is 1. The minimum Gasteiger partial charge on any atom is -0.482 e. The van der Waals surface area contributed by atoms with Crippen LogP contribution >= 0.6 is 23.2 Å². The number of halogens is 2. The predicted octanol–water partition coefficient (Wildman–Crippen LogP) is 5.67. The van der Waals surface area contributed by atoms with Gasteiger partial charge in [0.25, 0.3) is 5.56 Å². The first kappa shape index (κ1) is 30.9. The summed E-state index contributed by atoms with van der Waals surface area (Å²) in [5.74, 6) is -1.33. The predicted molar refractivity (Wildman–Crippen MR) is 171 cm³/mol. The lowest BCUT2D eigenvalue weighted by Gasteiger charge is -2.23. The molecule has 0 unspecified atom stereocenters. The van der Waals surface area contributed by atoms with Crippen molar-refractivity contribution < 1.29 is 19.4 Å². The third-order valence-corrected chi connectivity index (χ3v) is 8.13. The molecule has 2 N–H and O–H groups in total. The molecule has 1 aliphatic rings. The fourth-order valence-corrected chi connectivity index (χ4v) is 5.71. The smallest absolute Gasteiger partial charge is 0.341 e. The molecule has 234 valence electrons. The van der Waals surface area contributed by atoms with Crippen LogP contribution in [-0.2, 0) is 9.59 Å². The number of rotatable bonds is 6. The molecule has 3 aromatic heterocycles. The second-order valence-corrected chi connectivity index (χ2v) is 11.7. The summed E-state index contributed by atoms with van der Waals surface area (Å²) < 4.78 is 8.40. The maximum absolute atomic E-state index is 13.8. The van der Waals surface area contributed by atoms with Crippen LogP contribution < -0.4 is 15.6 Å². The zero-order valence-corrected chi connectivity index (χ0v) is 25.9. The molecular weight excluding hydrogens is 633 g/mol. The highest BCUT2D eigenvalue weighted by Gasteiger charge is 2.23. The number of aliphatic carboxylic acids is 1. The van der Waals surface area contributed by atoms with E-state index in [0.29, 0.717) is 63.9 Å². The summed E-state index contributed by atoms with van der Waals surface area (Å²) >= 11 is 12.3. The van der Waals surface area contributed by atoms with Crippen molar-refractivity contribution in [2.45, 2.75) is 32.2 Å². The minimum atomic E-state index is -1.11. The molecule has 1 amide bonds. The van der Waals surface area contributed by atoms with Crippen molar-refractivity contribution in [3.63, 3.8) is 0 Å². The van der Waals surface area contributed by atoms with Crippen molar-refractivity contribution in [1.29, 1.82) is 0 Å². The Morgan fingerprint density at radius 3 is 2.65 bits per heavy atom. The molecule has 12 nitrogen and oxygen atoms in total. The molecule has 1 aliphatic heterocycles. The van der Waals surface area contributed by atoms with Crippen LogP contribution in [0.5, 0.6) is 5.75 Å². The first-order valence-corrected chi connectivity index (χ1v) is 15.1. The number of nitrogens with one attached hydrogen (secondary N) is 1. The zero-order chi connectivity index (χ0) is 32.4. The molecule has 2 atom stereocenters. The molecule has 0 saturated carbocycles. The molecule has 0 fully saturated rings. The summed E-state index contributed by atoms with van der Waals surface area (Å²) in [7, 11) is 0. The molecule has 0 saturated heterocycles. The third-order valence-electron chi connectivity index (χ3n) is 7.73. The van der Waals surface area contributed by atoms with Crippen LogP contribution in [-0.4, -0.2) is 53.1 Å². The summed E-state index contributed by atoms with van der Waals surface area (Å²) in [5, 5.41) is 20.6. The summed E-state index contributed by atoms with van der Waals surface area (Å²) in [6, 6.07) is 14.8. The quantitative estimate of drug-likeness (QED) is 0.234. The zero-order valence-electron chi connectivity index (χ0n) is 24.4. The van der Waals surface area contributed by atoms with Crippen LogP contribution in [0.4, 0.5) is 5.69 Å². The van der Waals surface area contributed by atoms with E-state index in [1.54, 1.807) is 59.4 Å². The molecule has 2 bridgehead atoms. The van der Waals surface area contributed by atoms with Gasteiger partial charge in [-0.25, -0.2) is 14.5 Å². The number of nitrogens with zero attached hydrogens (tertiary/aromatic N) is 6. The van der Waals surface area contributed by atoms with Gasteiger partial charge in [-0.15, -0.1) is 5.10 Å². The van der Waals surface area contributed by atoms with Gasteiger partial charge < -0.3 is 15.2 Å². The van der Waals surface area contributed by atoms with Crippen LogP contribution in [0.15, 0.2) is 78.1 Å². The van der Waals surface area contributed by atoms with E-state index in [2.05, 4.69) is 25.6 Å². The average molecular weight is 661 g/mol. The Balaban J connectivity index is 1.41. The fourth-order valence-electron chi connectivity index (χ4n) is 5.41. The number of hydrogen-bond donors (Lipinski definition) is 2. The Morgan fingerprint density at radius 1 is 1.04 bits per heavy atom. The number of fused-ring (bicyclic) bond motifs is 4. The summed E-state index contributed by atoms with van der Waals surface area (Å²) in [6.45, 7) is 1.32. The summed E-state index contributed by atoms with van der Waals surface area (Å²) in [6.07, 6.45) is 6.41. The van der Waals surface area contributed by atoms with Gasteiger partial charge in [-0.2, -0.15) is 0 Å². The van der Waals surface area contributed by atoms with E-state index in [4.69, 9.17) is 33.0 Å². The highest BCUT2D eigenvalue weighted by atomic mass is 35.5. The lowest BCUT2D eigenvalue weighted by atomic mass is 9.95. The molecule has 46 heavy (non-hydrogen) atoms. The Kier molecular flexibility index (Phi) is 8.82. The fraction of sp³-hybridized carbons (Fsp3) is 0.219. The van der Waals surface area contributed by atoms with E-state index in [0.717, 1.165) is 5.56 Å². The van der Waals surface area contributed by atoms with Gasteiger partial charge >= 0.3 is 5.97 Å². The number of amides is 1. The van der Waals surface area contributed by atoms with Gasteiger partial charge in [0.2, 0.25) is 5.91 Å². The lowest BCUT2D eigenvalue weighted by molar-refractivity contribution is -0.139. The van der Waals surface area contributed by atoms with E-state index in [1.807, 2.05) is 13.0 Å². The van der Waals surface area contributed by atoms with Crippen molar-refractivity contribution in [2.24, 2.45) is 5.92 Å². The third kappa shape index (κ3) is 6.63. The highest BCUT2D eigenvalue weighted by molar-refractivity contribution is 6.31. The molecule has 0 aliphatic carbocycles. The number of benzene rings is 2. The number of carboxylic acid groups (broad SMARTS) is 1. The molecule has 0 radical (unpaired) electrons. The SMILES string of the molecule is C[C@@H]1CCC[C@H](n2cnc(-c3cc(Cl)ccc3-n3cc(Cl)nn3)cc2=O)c2cc(ccn2)-c2ccc(OCC(=O)O)cc2NC1=O. The molecule has 5 aromatic rings. The van der Waals surface area contributed by atoms with Crippen LogP contribution in [0, 0.1) is 5.92 Å². The number of aromatic nitrogens is 6. The standard InChI is InChI=1S/C32H27Cl2N7O5/c1-18-3-2-4-28(26-11-19(9-10-35-26)22-7-6-21(46-16-31(43)44)13-25(22)37-32(18)45)40-17-36-24(14-30(40)42)23-12-20(33)5-8-27(23)41-15-29(34)38-39-41/h5-15,17-18,28H,2-4,16H2,1H3,(H,37,45)(H,43,44)/t18-,28+/m1/s1. The number of carbonyl (C=O) groups is 2. The number of hydrogen-bond acceptors (Lipinski definition) is 8. The van der Waals surface area contributed by atoms with Crippen LogP contribution in [0.2, 0.25) is 10.2 Å². The number of ether oxygens (including phenoxy) is 1. The molecule has 0 spiro atoms. The topological polar surface area (TPSA) is 154 Å². The first-order valence-electron chi connectivity index (χ1n) is 14.4. The second-order valence-electron chi connectivity index (χ2n) is 10.9. The van der Waals surface area contributed by atoms with Gasteiger partial charge in [0.05, 0.1) is 41.3 Å². The van der Waals surface area contributed by atoms with Gasteiger partial charge in [-0.05, 0) is 60.9 Å². The molecule has 6 rings (SSSR count). The molecule has 14 heteroatoms. The Morgan fingerprint density at radius 2 is 1.89 bits per heavy atom. The average Bonchev–Trinajstić information content (AvgIpc) is 3.47. The Labute approximate surface area is 272 Å². The number of anilines is 1. The highest BCUT2D eigenvalue weighted by Crippen LogP contribution is 2.35. The van der Waals surface area contributed by atoms with Crippen LogP contribution in [0.25, 0.3) is 28.1 Å². The number of pyridine rings is 1. The largest absolute Gasteiger partial charge is 0.482 e.